The van der Waals surface area contributed by atoms with Gasteiger partial charge in [-0.25, -0.2) is 4.79 Å². The van der Waals surface area contributed by atoms with Crippen molar-refractivity contribution in [3.63, 3.8) is 0 Å². The molecule has 1 aromatic rings. The van der Waals surface area contributed by atoms with E-state index in [1.54, 1.807) is 39.8 Å². The Kier molecular flexibility index (Phi) is 3.61. The molecule has 1 aliphatic heterocycles. The van der Waals surface area contributed by atoms with Crippen molar-refractivity contribution in [2.24, 2.45) is 5.41 Å². The van der Waals surface area contributed by atoms with Crippen LogP contribution in [0.3, 0.4) is 0 Å². The van der Waals surface area contributed by atoms with Crippen LogP contribution in [0.1, 0.15) is 33.3 Å². The molecule has 1 heterocycles. The highest BCUT2D eigenvalue weighted by atomic mass is 16.2. The van der Waals surface area contributed by atoms with Crippen molar-refractivity contribution in [2.45, 2.75) is 33.2 Å². The molecule has 5 nitrogen and oxygen atoms in total. The molecule has 1 N–H and O–H groups in total. The van der Waals surface area contributed by atoms with E-state index in [0.29, 0.717) is 5.56 Å². The molecular weight excluding hydrogens is 268 g/mol. The Balaban J connectivity index is 2.27. The van der Waals surface area contributed by atoms with Gasteiger partial charge in [0.05, 0.1) is 6.54 Å². The maximum atomic E-state index is 12.6. The van der Waals surface area contributed by atoms with Gasteiger partial charge in [-0.05, 0) is 12.5 Å². The maximum Gasteiger partial charge on any atom is 0.325 e. The Labute approximate surface area is 124 Å². The summed E-state index contributed by atoms with van der Waals surface area (Å²) in [5.74, 6) is -0.542. The van der Waals surface area contributed by atoms with E-state index >= 15 is 0 Å². The number of amides is 3. The van der Waals surface area contributed by atoms with Gasteiger partial charge in [0.1, 0.15) is 5.54 Å². The van der Waals surface area contributed by atoms with Crippen LogP contribution in [0, 0.1) is 5.41 Å². The van der Waals surface area contributed by atoms with E-state index < -0.39 is 22.9 Å². The third-order valence-electron chi connectivity index (χ3n) is 3.76. The van der Waals surface area contributed by atoms with Crippen molar-refractivity contribution in [3.05, 3.63) is 35.9 Å². The molecule has 0 bridgehead atoms. The summed E-state index contributed by atoms with van der Waals surface area (Å²) in [5.41, 5.74) is -1.00. The van der Waals surface area contributed by atoms with Crippen LogP contribution in [0.2, 0.25) is 0 Å². The second-order valence-corrected chi connectivity index (χ2v) is 6.49. The van der Waals surface area contributed by atoms with Crippen molar-refractivity contribution in [2.75, 3.05) is 6.54 Å². The fourth-order valence-electron chi connectivity index (χ4n) is 2.19. The van der Waals surface area contributed by atoms with E-state index in [2.05, 4.69) is 5.32 Å². The van der Waals surface area contributed by atoms with Gasteiger partial charge in [-0.15, -0.1) is 0 Å². The van der Waals surface area contributed by atoms with Crippen molar-refractivity contribution in [3.8, 4) is 0 Å². The minimum atomic E-state index is -1.11. The maximum absolute atomic E-state index is 12.6. The Hall–Kier alpha value is -2.17. The SMILES string of the molecule is CC(C)(C)C(=O)CN1C(=O)NC(C)(c2ccccc2)C1=O. The number of hydrogen-bond donors (Lipinski definition) is 1. The molecule has 0 radical (unpaired) electrons. The third kappa shape index (κ3) is 2.68. The Morgan fingerprint density at radius 1 is 1.19 bits per heavy atom. The van der Waals surface area contributed by atoms with Crippen LogP contribution < -0.4 is 5.32 Å². The van der Waals surface area contributed by atoms with Gasteiger partial charge >= 0.3 is 6.03 Å². The van der Waals surface area contributed by atoms with Crippen molar-refractivity contribution >= 4 is 17.7 Å². The average molecular weight is 288 g/mol. The lowest BCUT2D eigenvalue weighted by Gasteiger charge is -2.23. The van der Waals surface area contributed by atoms with E-state index in [9.17, 15) is 14.4 Å². The Morgan fingerprint density at radius 3 is 2.29 bits per heavy atom. The number of carbonyl (C=O) groups excluding carboxylic acids is 3. The summed E-state index contributed by atoms with van der Waals surface area (Å²) in [5, 5.41) is 2.69. The summed E-state index contributed by atoms with van der Waals surface area (Å²) in [6.45, 7) is 6.76. The first-order chi connectivity index (χ1) is 9.66. The molecule has 21 heavy (non-hydrogen) atoms. The van der Waals surface area contributed by atoms with E-state index in [-0.39, 0.29) is 12.3 Å². The molecule has 1 aromatic carbocycles. The van der Waals surface area contributed by atoms with Gasteiger partial charge in [-0.2, -0.15) is 0 Å². The Bertz CT molecular complexity index is 589. The van der Waals surface area contributed by atoms with E-state index in [1.165, 1.54) is 0 Å². The highest BCUT2D eigenvalue weighted by Crippen LogP contribution is 2.29. The van der Waals surface area contributed by atoms with E-state index in [0.717, 1.165) is 4.90 Å². The predicted molar refractivity (Wildman–Crippen MR) is 78.5 cm³/mol. The van der Waals surface area contributed by atoms with Gasteiger partial charge in [-0.3, -0.25) is 14.5 Å². The first-order valence-electron chi connectivity index (χ1n) is 6.89. The summed E-state index contributed by atoms with van der Waals surface area (Å²) in [6, 6.07) is 8.51. The highest BCUT2D eigenvalue weighted by molar-refractivity contribution is 6.09. The fourth-order valence-corrected chi connectivity index (χ4v) is 2.19. The van der Waals surface area contributed by atoms with Gasteiger partial charge < -0.3 is 5.32 Å². The summed E-state index contributed by atoms with van der Waals surface area (Å²) in [7, 11) is 0. The number of benzene rings is 1. The normalized spacial score (nSPS) is 22.4. The molecule has 0 spiro atoms. The predicted octanol–water partition coefficient (Wildman–Crippen LogP) is 2.07. The molecule has 112 valence electrons. The number of nitrogens with one attached hydrogen (secondary N) is 1. The largest absolute Gasteiger partial charge is 0.325 e. The number of ketones is 1. The van der Waals surface area contributed by atoms with Crippen LogP contribution >= 0.6 is 0 Å². The van der Waals surface area contributed by atoms with Crippen LogP contribution in [-0.4, -0.2) is 29.2 Å². The van der Waals surface area contributed by atoms with Crippen LogP contribution in [0.5, 0.6) is 0 Å². The monoisotopic (exact) mass is 288 g/mol. The number of carbonyl (C=O) groups is 3. The first-order valence-corrected chi connectivity index (χ1v) is 6.89. The molecule has 3 amide bonds. The van der Waals surface area contributed by atoms with Crippen LogP contribution in [0.25, 0.3) is 0 Å². The lowest BCUT2D eigenvalue weighted by molar-refractivity contribution is -0.136. The van der Waals surface area contributed by atoms with Gasteiger partial charge in [0.15, 0.2) is 5.78 Å². The fraction of sp³-hybridized carbons (Fsp3) is 0.438. The second-order valence-electron chi connectivity index (χ2n) is 6.49. The quantitative estimate of drug-likeness (QED) is 0.866. The summed E-state index contributed by atoms with van der Waals surface area (Å²) in [6.07, 6.45) is 0. The number of hydrogen-bond acceptors (Lipinski definition) is 3. The lowest BCUT2D eigenvalue weighted by Crippen LogP contribution is -2.42. The topological polar surface area (TPSA) is 66.5 Å². The molecule has 1 fully saturated rings. The third-order valence-corrected chi connectivity index (χ3v) is 3.76. The minimum absolute atomic E-state index is 0.150. The second kappa shape index (κ2) is 4.98. The molecule has 0 saturated carbocycles. The molecule has 0 aromatic heterocycles. The number of urea groups is 1. The number of imide groups is 1. The number of nitrogens with zero attached hydrogens (tertiary/aromatic N) is 1. The summed E-state index contributed by atoms with van der Waals surface area (Å²) < 4.78 is 0. The molecule has 0 aliphatic carbocycles. The highest BCUT2D eigenvalue weighted by Gasteiger charge is 2.49. The van der Waals surface area contributed by atoms with Crippen molar-refractivity contribution < 1.29 is 14.4 Å². The van der Waals surface area contributed by atoms with Gasteiger partial charge in [0, 0.05) is 5.41 Å². The van der Waals surface area contributed by atoms with E-state index in [1.807, 2.05) is 18.2 Å². The molecule has 1 atom stereocenters. The molecule has 1 unspecified atom stereocenters. The molecular formula is C16H20N2O3. The van der Waals surface area contributed by atoms with Crippen LogP contribution in [0.4, 0.5) is 4.79 Å². The lowest BCUT2D eigenvalue weighted by atomic mass is 9.89. The van der Waals surface area contributed by atoms with Gasteiger partial charge in [-0.1, -0.05) is 51.1 Å². The van der Waals surface area contributed by atoms with Crippen molar-refractivity contribution in [1.29, 1.82) is 0 Å². The van der Waals surface area contributed by atoms with Crippen LogP contribution in [0.15, 0.2) is 30.3 Å². The average Bonchev–Trinajstić information content (AvgIpc) is 2.63. The van der Waals surface area contributed by atoms with Gasteiger partial charge in [0.2, 0.25) is 0 Å². The number of rotatable bonds is 3. The number of Topliss-reactive ketones (excluding diaryl/α,β-unsaturated/α-hetero) is 1. The zero-order valence-electron chi connectivity index (χ0n) is 12.8. The van der Waals surface area contributed by atoms with Crippen molar-refractivity contribution in [1.82, 2.24) is 10.2 Å². The molecule has 5 heteroatoms. The van der Waals surface area contributed by atoms with Crippen LogP contribution in [-0.2, 0) is 15.1 Å². The first kappa shape index (κ1) is 15.2. The van der Waals surface area contributed by atoms with E-state index in [4.69, 9.17) is 0 Å². The zero-order valence-corrected chi connectivity index (χ0v) is 12.8. The summed E-state index contributed by atoms with van der Waals surface area (Å²) in [4.78, 5) is 37.8. The summed E-state index contributed by atoms with van der Waals surface area (Å²) >= 11 is 0. The Morgan fingerprint density at radius 2 is 1.76 bits per heavy atom. The minimum Gasteiger partial charge on any atom is -0.319 e. The standard InChI is InChI=1S/C16H20N2O3/c1-15(2,3)12(19)10-18-13(20)16(4,17-14(18)21)11-8-6-5-7-9-11/h5-9H,10H2,1-4H3,(H,17,21). The smallest absolute Gasteiger partial charge is 0.319 e. The molecule has 2 rings (SSSR count). The molecule has 1 saturated heterocycles. The molecule has 1 aliphatic rings. The zero-order chi connectivity index (χ0) is 15.8. The van der Waals surface area contributed by atoms with Gasteiger partial charge in [0.25, 0.3) is 5.91 Å².